The Morgan fingerprint density at radius 1 is 1.10 bits per heavy atom. The van der Waals surface area contributed by atoms with Crippen molar-refractivity contribution in [3.05, 3.63) is 40.7 Å². The van der Waals surface area contributed by atoms with E-state index in [1.165, 1.54) is 11.3 Å². The highest BCUT2D eigenvalue weighted by Gasteiger charge is 2.76. The number of hydrogen-bond donors (Lipinski definition) is 1. The number of nitrogens with two attached hydrogens (primary N) is 1. The number of alkyl halides is 1. The Morgan fingerprint density at radius 2 is 1.98 bits per heavy atom. The highest BCUT2D eigenvalue weighted by molar-refractivity contribution is 7.23. The summed E-state index contributed by atoms with van der Waals surface area (Å²) in [6.07, 6.45) is 3.56. The number of anilines is 2. The summed E-state index contributed by atoms with van der Waals surface area (Å²) in [5.74, 6) is 0.217. The smallest absolute Gasteiger partial charge is 0.319 e. The molecule has 1 aliphatic carbocycles. The van der Waals surface area contributed by atoms with Crippen LogP contribution in [0.5, 0.6) is 6.01 Å². The number of rotatable bonds is 6. The highest BCUT2D eigenvalue weighted by atomic mass is 32.1. The maximum Gasteiger partial charge on any atom is 0.319 e. The molecule has 5 saturated heterocycles. The molecule has 8 heterocycles. The van der Waals surface area contributed by atoms with Crippen LogP contribution in [0.4, 0.5) is 19.6 Å². The van der Waals surface area contributed by atoms with Gasteiger partial charge in [0.25, 0.3) is 0 Å². The average Bonchev–Trinajstić information content (AvgIpc) is 3.81. The molecule has 2 N–H and O–H groups in total. The van der Waals surface area contributed by atoms with Crippen LogP contribution in [-0.2, 0) is 22.7 Å². The lowest BCUT2D eigenvalue weighted by atomic mass is 9.51. The standard InChI is InChI=1S/C36H35F2N7O3S/c37-18-9-35(6-2-8-43(35)11-18)17-48-34-41-31-29(33(42-34)45-25-5-7-36(25)26(45)12-44(36)19-13-46-14-19)23-16-47-15-22(23)28(30(31)38)20-3-1-4-24-27(20)21(10-39)32(40)49-24/h1,3-4,18-19,25-26H,2,5-9,11-17,40H2/t18?,25?,26?,35-,36?/m0/s1. The Hall–Kier alpha value is -3.67. The second-order valence-corrected chi connectivity index (χ2v) is 16.1. The Balaban J connectivity index is 1.09. The number of piperazine rings is 1. The van der Waals surface area contributed by atoms with E-state index in [2.05, 4.69) is 20.8 Å². The van der Waals surface area contributed by atoms with Crippen molar-refractivity contribution >= 4 is 43.1 Å². The van der Waals surface area contributed by atoms with E-state index in [-0.39, 0.29) is 42.4 Å². The van der Waals surface area contributed by atoms with E-state index in [4.69, 9.17) is 29.9 Å². The Labute approximate surface area is 285 Å². The van der Waals surface area contributed by atoms with Gasteiger partial charge >= 0.3 is 6.01 Å². The van der Waals surface area contributed by atoms with Gasteiger partial charge in [-0.15, -0.1) is 11.3 Å². The number of benzene rings is 2. The van der Waals surface area contributed by atoms with Gasteiger partial charge in [-0.05, 0) is 55.0 Å². The van der Waals surface area contributed by atoms with Crippen molar-refractivity contribution in [1.29, 1.82) is 5.26 Å². The number of nitrogens with zero attached hydrogens (tertiary/aromatic N) is 6. The minimum absolute atomic E-state index is 0.117. The zero-order valence-electron chi connectivity index (χ0n) is 26.9. The molecule has 0 amide bonds. The van der Waals surface area contributed by atoms with Crippen molar-refractivity contribution in [3.63, 3.8) is 0 Å². The number of nitrogen functional groups attached to an aromatic ring is 1. The van der Waals surface area contributed by atoms with E-state index in [9.17, 15) is 9.65 Å². The second kappa shape index (κ2) is 9.98. The Morgan fingerprint density at radius 3 is 2.76 bits per heavy atom. The minimum atomic E-state index is -0.887. The third-order valence-corrected chi connectivity index (χ3v) is 14.0. The van der Waals surface area contributed by atoms with Crippen LogP contribution in [0.15, 0.2) is 18.2 Å². The van der Waals surface area contributed by atoms with Gasteiger partial charge in [0.1, 0.15) is 35.2 Å². The number of fused-ring (bicyclic) bond motifs is 5. The fraction of sp³-hybridized carbons (Fsp3) is 0.528. The topological polar surface area (TPSA) is 113 Å². The van der Waals surface area contributed by atoms with E-state index in [0.717, 1.165) is 67.8 Å². The zero-order chi connectivity index (χ0) is 32.8. The molecule has 2 aromatic carbocycles. The monoisotopic (exact) mass is 683 g/mol. The molecule has 6 aliphatic heterocycles. The van der Waals surface area contributed by atoms with E-state index in [1.807, 2.05) is 18.2 Å². The van der Waals surface area contributed by atoms with Crippen LogP contribution in [0.2, 0.25) is 0 Å². The van der Waals surface area contributed by atoms with Gasteiger partial charge < -0.3 is 24.8 Å². The van der Waals surface area contributed by atoms with Crippen molar-refractivity contribution < 1.29 is 23.0 Å². The molecule has 0 radical (unpaired) electrons. The summed E-state index contributed by atoms with van der Waals surface area (Å²) in [4.78, 5) is 17.2. The number of hydrogen-bond acceptors (Lipinski definition) is 11. The summed E-state index contributed by atoms with van der Waals surface area (Å²) < 4.78 is 51.1. The average molecular weight is 684 g/mol. The fourth-order valence-electron chi connectivity index (χ4n) is 10.6. The molecular formula is C36H35F2N7O3S. The first-order valence-electron chi connectivity index (χ1n) is 17.4. The first-order chi connectivity index (χ1) is 23.9. The second-order valence-electron chi connectivity index (χ2n) is 15.0. The molecule has 7 aliphatic rings. The van der Waals surface area contributed by atoms with Gasteiger partial charge in [0.05, 0.1) is 66.6 Å². The summed E-state index contributed by atoms with van der Waals surface area (Å²) in [5, 5.41) is 11.8. The summed E-state index contributed by atoms with van der Waals surface area (Å²) in [7, 11) is 0. The van der Waals surface area contributed by atoms with Crippen LogP contribution >= 0.6 is 11.3 Å². The lowest BCUT2D eigenvalue weighted by Crippen LogP contribution is -2.98. The van der Waals surface area contributed by atoms with Crippen LogP contribution in [0, 0.1) is 17.1 Å². The van der Waals surface area contributed by atoms with E-state index in [1.54, 1.807) is 0 Å². The van der Waals surface area contributed by atoms with Gasteiger partial charge in [0.15, 0.2) is 5.82 Å². The summed E-state index contributed by atoms with van der Waals surface area (Å²) in [6, 6.07) is 9.00. The van der Waals surface area contributed by atoms with Gasteiger partial charge in [-0.2, -0.15) is 15.2 Å². The zero-order valence-corrected chi connectivity index (χ0v) is 27.7. The summed E-state index contributed by atoms with van der Waals surface area (Å²) >= 11 is 1.33. The first-order valence-corrected chi connectivity index (χ1v) is 18.2. The number of halogens is 2. The molecule has 6 fully saturated rings. The molecule has 13 heteroatoms. The van der Waals surface area contributed by atoms with Gasteiger partial charge in [0, 0.05) is 35.2 Å². The van der Waals surface area contributed by atoms with Gasteiger partial charge in [-0.25, -0.2) is 8.78 Å². The third kappa shape index (κ3) is 3.61. The van der Waals surface area contributed by atoms with Gasteiger partial charge in [0.2, 0.25) is 0 Å². The number of likely N-dealkylation sites (tertiary alicyclic amines) is 1. The SMILES string of the molecule is N#Cc1c(N)sc2cccc(-c3c4c(c5c(N6C7CCC78C6CN8C6COC6)nc(OC[C@@]67CCCN6CC(F)C7)nc5c3F)COC4)c12. The summed E-state index contributed by atoms with van der Waals surface area (Å²) in [6.45, 7) is 4.55. The van der Waals surface area contributed by atoms with Crippen molar-refractivity contribution in [3.8, 4) is 23.2 Å². The maximum absolute atomic E-state index is 17.5. The van der Waals surface area contributed by atoms with E-state index < -0.39 is 17.5 Å². The van der Waals surface area contributed by atoms with Crippen LogP contribution in [-0.4, -0.2) is 94.6 Å². The molecule has 1 spiro atoms. The molecule has 10 nitrogen and oxygen atoms in total. The molecule has 49 heavy (non-hydrogen) atoms. The van der Waals surface area contributed by atoms with Crippen LogP contribution in [0.3, 0.4) is 0 Å². The molecule has 252 valence electrons. The molecule has 5 atom stereocenters. The van der Waals surface area contributed by atoms with Gasteiger partial charge in [-0.3, -0.25) is 9.80 Å². The van der Waals surface area contributed by atoms with Crippen LogP contribution < -0.4 is 15.4 Å². The molecule has 0 bridgehead atoms. The molecule has 4 aromatic rings. The molecule has 1 saturated carbocycles. The third-order valence-electron chi connectivity index (χ3n) is 13.0. The summed E-state index contributed by atoms with van der Waals surface area (Å²) in [5.41, 5.74) is 9.16. The Kier molecular flexibility index (Phi) is 5.93. The predicted molar refractivity (Wildman–Crippen MR) is 180 cm³/mol. The van der Waals surface area contributed by atoms with Crippen LogP contribution in [0.1, 0.15) is 48.8 Å². The van der Waals surface area contributed by atoms with Crippen molar-refractivity contribution in [2.75, 3.05) is 50.1 Å². The van der Waals surface area contributed by atoms with Crippen molar-refractivity contribution in [1.82, 2.24) is 19.8 Å². The molecule has 4 unspecified atom stereocenters. The normalized spacial score (nSPS) is 31.8. The predicted octanol–water partition coefficient (Wildman–Crippen LogP) is 4.89. The fourth-order valence-corrected chi connectivity index (χ4v) is 11.5. The first kappa shape index (κ1) is 29.1. The van der Waals surface area contributed by atoms with Crippen LogP contribution in [0.25, 0.3) is 32.1 Å². The number of aromatic nitrogens is 2. The van der Waals surface area contributed by atoms with E-state index in [0.29, 0.717) is 63.9 Å². The number of piperidine rings is 1. The van der Waals surface area contributed by atoms with E-state index >= 15 is 4.39 Å². The van der Waals surface area contributed by atoms with Gasteiger partial charge in [-0.1, -0.05) is 12.1 Å². The maximum atomic E-state index is 17.5. The number of thiophene rings is 1. The largest absolute Gasteiger partial charge is 0.461 e. The van der Waals surface area contributed by atoms with Crippen molar-refractivity contribution in [2.24, 2.45) is 0 Å². The molecular weight excluding hydrogens is 649 g/mol. The minimum Gasteiger partial charge on any atom is -0.461 e. The lowest BCUT2D eigenvalue weighted by molar-refractivity contribution is -0.235. The number of nitriles is 1. The highest BCUT2D eigenvalue weighted by Crippen LogP contribution is 2.63. The molecule has 11 rings (SSSR count). The number of ether oxygens (including phenoxy) is 3. The quantitative estimate of drug-likeness (QED) is 0.302. The van der Waals surface area contributed by atoms with Crippen molar-refractivity contribution in [2.45, 2.75) is 80.7 Å². The Bertz CT molecular complexity index is 2140. The lowest BCUT2D eigenvalue weighted by Gasteiger charge is -2.82. The molecule has 2 aromatic heterocycles.